The number of ether oxygens (including phenoxy) is 1. The number of para-hydroxylation sites is 1. The third kappa shape index (κ3) is 6.72. The van der Waals surface area contributed by atoms with Gasteiger partial charge in [-0.1, -0.05) is 43.5 Å². The van der Waals surface area contributed by atoms with Crippen LogP contribution in [0.3, 0.4) is 0 Å². The molecule has 2 N–H and O–H groups in total. The van der Waals surface area contributed by atoms with Crippen LogP contribution in [-0.4, -0.2) is 61.0 Å². The first-order valence-electron chi connectivity index (χ1n) is 15.7. The Bertz CT molecular complexity index is 1630. The van der Waals surface area contributed by atoms with Gasteiger partial charge in [0.1, 0.15) is 0 Å². The average Bonchev–Trinajstić information content (AvgIpc) is 3.59. The molecule has 2 heterocycles. The summed E-state index contributed by atoms with van der Waals surface area (Å²) in [5.74, 6) is -0.0386. The standard InChI is InChI=1S/C34H44N3O4PS/c1-22-15-24(16-33(38)37-20-27(43(2,39)40)17-25(37)21-41-26-11-4-3-5-12-26)32(42)18-31(22)36-34(23-9-8-10-23)29-19-35-30-14-7-6-13-28(29)30/h6-7,13-15,18-19,25-27,35-36H,3-5,8-12,16-17,20-21,42H2,1-2H3. The van der Waals surface area contributed by atoms with E-state index >= 15 is 0 Å². The van der Waals surface area contributed by atoms with Gasteiger partial charge in [-0.05, 0) is 79.6 Å². The number of sulfone groups is 1. The van der Waals surface area contributed by atoms with Crippen LogP contribution in [0, 0.1) is 6.92 Å². The molecule has 9 heteroatoms. The number of H-pyrrole nitrogens is 1. The number of benzene rings is 2. The van der Waals surface area contributed by atoms with Crippen LogP contribution in [0.15, 0.2) is 48.2 Å². The Kier molecular flexibility index (Phi) is 9.00. The fraction of sp³-hybridized carbons (Fsp3) is 0.500. The predicted octanol–water partition coefficient (Wildman–Crippen LogP) is 5.89. The van der Waals surface area contributed by atoms with E-state index in [2.05, 4.69) is 63.0 Å². The van der Waals surface area contributed by atoms with Crippen LogP contribution in [0.2, 0.25) is 0 Å². The van der Waals surface area contributed by atoms with Crippen molar-refractivity contribution in [2.75, 3.05) is 24.7 Å². The molecule has 1 aromatic heterocycles. The normalized spacial score (nSPS) is 21.3. The lowest BCUT2D eigenvalue weighted by atomic mass is 9.88. The first kappa shape index (κ1) is 30.4. The molecule has 3 aliphatic rings. The maximum Gasteiger partial charge on any atom is 0.227 e. The van der Waals surface area contributed by atoms with Gasteiger partial charge in [0.05, 0.1) is 30.4 Å². The number of rotatable bonds is 9. The van der Waals surface area contributed by atoms with Crippen LogP contribution in [-0.2, 0) is 25.8 Å². The van der Waals surface area contributed by atoms with Crippen molar-refractivity contribution in [2.45, 2.75) is 88.5 Å². The SMILES string of the molecule is Cc1cc(CC(=O)N2CC(S(C)(=O)=O)CC2COC2CCCCC2)c(P)cc1NC(=C1CCC1)c1c[nH]c2ccccc12. The third-order valence-electron chi connectivity index (χ3n) is 9.64. The molecule has 43 heavy (non-hydrogen) atoms. The summed E-state index contributed by atoms with van der Waals surface area (Å²) in [5.41, 5.74) is 7.95. The summed E-state index contributed by atoms with van der Waals surface area (Å²) in [6, 6.07) is 12.4. The van der Waals surface area contributed by atoms with Gasteiger partial charge in [0, 0.05) is 46.8 Å². The third-order valence-corrected chi connectivity index (χ3v) is 11.7. The number of carbonyl (C=O) groups excluding carboxylic acids is 1. The quantitative estimate of drug-likeness (QED) is 0.291. The van der Waals surface area contributed by atoms with Crippen molar-refractivity contribution in [3.63, 3.8) is 0 Å². The predicted molar refractivity (Wildman–Crippen MR) is 178 cm³/mol. The molecule has 2 aliphatic carbocycles. The van der Waals surface area contributed by atoms with Gasteiger partial charge in [-0.25, -0.2) is 8.42 Å². The summed E-state index contributed by atoms with van der Waals surface area (Å²) in [5, 5.41) is 5.40. The molecule has 1 saturated heterocycles. The number of hydrogen-bond donors (Lipinski definition) is 2. The maximum absolute atomic E-state index is 13.7. The fourth-order valence-electron chi connectivity index (χ4n) is 6.83. The second kappa shape index (κ2) is 12.7. The van der Waals surface area contributed by atoms with Gasteiger partial charge in [-0.3, -0.25) is 4.79 Å². The molecule has 0 bridgehead atoms. The number of fused-ring (bicyclic) bond motifs is 1. The summed E-state index contributed by atoms with van der Waals surface area (Å²) in [4.78, 5) is 18.9. The number of aromatic nitrogens is 1. The number of aromatic amines is 1. The van der Waals surface area contributed by atoms with Gasteiger partial charge in [0.15, 0.2) is 9.84 Å². The molecule has 3 fully saturated rings. The van der Waals surface area contributed by atoms with E-state index in [4.69, 9.17) is 4.74 Å². The summed E-state index contributed by atoms with van der Waals surface area (Å²) >= 11 is 0. The molecule has 2 aromatic carbocycles. The Morgan fingerprint density at radius 2 is 1.88 bits per heavy atom. The number of anilines is 1. The Hall–Kier alpha value is -2.67. The Labute approximate surface area is 258 Å². The van der Waals surface area contributed by atoms with Crippen LogP contribution in [0.4, 0.5) is 5.69 Å². The number of aryl methyl sites for hydroxylation is 1. The molecule has 3 unspecified atom stereocenters. The highest BCUT2D eigenvalue weighted by atomic mass is 32.2. The number of likely N-dealkylation sites (tertiary alicyclic amines) is 1. The van der Waals surface area contributed by atoms with E-state index in [1.165, 1.54) is 54.2 Å². The van der Waals surface area contributed by atoms with Crippen molar-refractivity contribution >= 4 is 52.6 Å². The zero-order valence-corrected chi connectivity index (χ0v) is 27.3. The highest BCUT2D eigenvalue weighted by Gasteiger charge is 2.40. The Morgan fingerprint density at radius 1 is 1.12 bits per heavy atom. The van der Waals surface area contributed by atoms with Crippen LogP contribution in [0.25, 0.3) is 16.6 Å². The van der Waals surface area contributed by atoms with Gasteiger partial charge in [0.25, 0.3) is 0 Å². The molecule has 6 rings (SSSR count). The van der Waals surface area contributed by atoms with E-state index in [0.717, 1.165) is 53.3 Å². The number of allylic oxidation sites excluding steroid dienone is 1. The number of hydrogen-bond acceptors (Lipinski definition) is 5. The summed E-state index contributed by atoms with van der Waals surface area (Å²) in [6.07, 6.45) is 13.3. The number of nitrogens with zero attached hydrogens (tertiary/aromatic N) is 1. The molecule has 0 radical (unpaired) electrons. The van der Waals surface area contributed by atoms with Crippen molar-refractivity contribution in [2.24, 2.45) is 0 Å². The maximum atomic E-state index is 13.7. The summed E-state index contributed by atoms with van der Waals surface area (Å²) in [7, 11) is -0.444. The van der Waals surface area contributed by atoms with Crippen LogP contribution < -0.4 is 10.6 Å². The lowest BCUT2D eigenvalue weighted by Crippen LogP contribution is -2.41. The number of amides is 1. The molecular formula is C34H44N3O4PS. The van der Waals surface area contributed by atoms with E-state index in [1.807, 2.05) is 6.07 Å². The Morgan fingerprint density at radius 3 is 2.60 bits per heavy atom. The minimum Gasteiger partial charge on any atom is -0.376 e. The zero-order chi connectivity index (χ0) is 30.1. The topological polar surface area (TPSA) is 91.5 Å². The first-order valence-corrected chi connectivity index (χ1v) is 18.2. The Balaban J connectivity index is 1.19. The van der Waals surface area contributed by atoms with Crippen LogP contribution in [0.5, 0.6) is 0 Å². The van der Waals surface area contributed by atoms with Crippen LogP contribution in [0.1, 0.15) is 74.5 Å². The minimum absolute atomic E-state index is 0.0386. The van der Waals surface area contributed by atoms with Crippen molar-refractivity contribution in [3.8, 4) is 0 Å². The van der Waals surface area contributed by atoms with Gasteiger partial charge in [0.2, 0.25) is 5.91 Å². The average molecular weight is 622 g/mol. The largest absolute Gasteiger partial charge is 0.376 e. The van der Waals surface area contributed by atoms with Crippen molar-refractivity contribution in [1.29, 1.82) is 0 Å². The lowest BCUT2D eigenvalue weighted by molar-refractivity contribution is -0.133. The van der Waals surface area contributed by atoms with Crippen LogP contribution >= 0.6 is 9.24 Å². The van der Waals surface area contributed by atoms with E-state index < -0.39 is 15.1 Å². The van der Waals surface area contributed by atoms with Gasteiger partial charge in [-0.15, -0.1) is 9.24 Å². The van der Waals surface area contributed by atoms with Crippen molar-refractivity contribution < 1.29 is 17.9 Å². The highest BCUT2D eigenvalue weighted by Crippen LogP contribution is 2.37. The van der Waals surface area contributed by atoms with E-state index in [-0.39, 0.29) is 31.0 Å². The summed E-state index contributed by atoms with van der Waals surface area (Å²) < 4.78 is 31.2. The van der Waals surface area contributed by atoms with Crippen molar-refractivity contribution in [1.82, 2.24) is 9.88 Å². The smallest absolute Gasteiger partial charge is 0.227 e. The van der Waals surface area contributed by atoms with Crippen molar-refractivity contribution in [3.05, 3.63) is 64.9 Å². The first-order chi connectivity index (χ1) is 20.7. The van der Waals surface area contributed by atoms with E-state index in [9.17, 15) is 13.2 Å². The second-order valence-electron chi connectivity index (χ2n) is 12.7. The molecule has 0 spiro atoms. The molecule has 3 atom stereocenters. The monoisotopic (exact) mass is 621 g/mol. The molecule has 2 saturated carbocycles. The molecule has 7 nitrogen and oxygen atoms in total. The molecule has 230 valence electrons. The second-order valence-corrected chi connectivity index (χ2v) is 15.7. The van der Waals surface area contributed by atoms with E-state index in [1.54, 1.807) is 4.90 Å². The van der Waals surface area contributed by atoms with Gasteiger partial charge >= 0.3 is 0 Å². The van der Waals surface area contributed by atoms with E-state index in [0.29, 0.717) is 13.0 Å². The fourth-order valence-corrected chi connectivity index (χ4v) is 8.18. The van der Waals surface area contributed by atoms with Gasteiger partial charge < -0.3 is 19.9 Å². The minimum atomic E-state index is -3.26. The van der Waals surface area contributed by atoms with Gasteiger partial charge in [-0.2, -0.15) is 0 Å². The molecule has 3 aromatic rings. The molecule has 1 amide bonds. The molecular weight excluding hydrogens is 577 g/mol. The number of carbonyl (C=O) groups is 1. The summed E-state index contributed by atoms with van der Waals surface area (Å²) in [6.45, 7) is 2.72. The lowest BCUT2D eigenvalue weighted by Gasteiger charge is -2.28. The number of nitrogens with one attached hydrogen (secondary N) is 2. The zero-order valence-electron chi connectivity index (χ0n) is 25.3. The highest BCUT2D eigenvalue weighted by molar-refractivity contribution is 7.91. The molecule has 1 aliphatic heterocycles.